The molecule has 0 radical (unpaired) electrons. The lowest BCUT2D eigenvalue weighted by molar-refractivity contribution is 0.685. The van der Waals surface area contributed by atoms with Crippen LogP contribution in [-0.4, -0.2) is 14.1 Å². The third kappa shape index (κ3) is 2.56. The summed E-state index contributed by atoms with van der Waals surface area (Å²) in [6.45, 7) is 2.31. The molecule has 0 bridgehead atoms. The van der Waals surface area contributed by atoms with Crippen molar-refractivity contribution in [1.82, 2.24) is 14.1 Å². The summed E-state index contributed by atoms with van der Waals surface area (Å²) in [6.07, 6.45) is 3.39. The van der Waals surface area contributed by atoms with E-state index in [1.165, 1.54) is 18.7 Å². The third-order valence-electron chi connectivity index (χ3n) is 3.36. The number of pyridine rings is 1. The van der Waals surface area contributed by atoms with Gasteiger partial charge in [-0.1, -0.05) is 0 Å². The minimum atomic E-state index is -0.602. The number of hydrogen-bond acceptors (Lipinski definition) is 5. The Kier molecular flexibility index (Phi) is 3.89. The molecule has 0 aliphatic carbocycles. The van der Waals surface area contributed by atoms with E-state index in [2.05, 4.69) is 10.3 Å². The normalized spacial score (nSPS) is 10.2. The van der Waals surface area contributed by atoms with Crippen LogP contribution in [0.5, 0.6) is 0 Å². The summed E-state index contributed by atoms with van der Waals surface area (Å²) in [7, 11) is 2.87. The fourth-order valence-electron chi connectivity index (χ4n) is 2.03. The quantitative estimate of drug-likeness (QED) is 0.874. The van der Waals surface area contributed by atoms with Gasteiger partial charge >= 0.3 is 5.69 Å². The van der Waals surface area contributed by atoms with Crippen molar-refractivity contribution in [2.75, 3.05) is 5.32 Å². The van der Waals surface area contributed by atoms with Crippen molar-refractivity contribution in [3.63, 3.8) is 0 Å². The largest absolute Gasteiger partial charge is 0.366 e. The highest BCUT2D eigenvalue weighted by molar-refractivity contribution is 5.51. The molecule has 1 N–H and O–H groups in total. The lowest BCUT2D eigenvalue weighted by atomic mass is 10.1. The van der Waals surface area contributed by atoms with Crippen molar-refractivity contribution in [3.8, 4) is 6.07 Å². The highest BCUT2D eigenvalue weighted by Gasteiger charge is 2.15. The number of nitriles is 1. The molecule has 21 heavy (non-hydrogen) atoms. The van der Waals surface area contributed by atoms with E-state index in [9.17, 15) is 9.59 Å². The number of rotatable bonds is 3. The highest BCUT2D eigenvalue weighted by Crippen LogP contribution is 2.11. The van der Waals surface area contributed by atoms with Crippen LogP contribution in [0.25, 0.3) is 0 Å². The molecule has 0 saturated heterocycles. The van der Waals surface area contributed by atoms with Crippen molar-refractivity contribution >= 4 is 5.82 Å². The van der Waals surface area contributed by atoms with Gasteiger partial charge in [0.05, 0.1) is 0 Å². The van der Waals surface area contributed by atoms with Crippen molar-refractivity contribution in [2.45, 2.75) is 13.5 Å². The van der Waals surface area contributed by atoms with Crippen LogP contribution in [-0.2, 0) is 20.6 Å². The van der Waals surface area contributed by atoms with Gasteiger partial charge in [0, 0.05) is 33.0 Å². The van der Waals surface area contributed by atoms with Crippen LogP contribution in [0.15, 0.2) is 28.0 Å². The SMILES string of the molecule is Cc1cnccc1CNc1c(C#N)c(=O)n(C)c(=O)n1C. The van der Waals surface area contributed by atoms with E-state index in [0.29, 0.717) is 6.54 Å². The molecule has 0 fully saturated rings. The van der Waals surface area contributed by atoms with Gasteiger partial charge in [-0.3, -0.25) is 18.9 Å². The summed E-state index contributed by atoms with van der Waals surface area (Å²) in [6, 6.07) is 3.70. The molecule has 0 spiro atoms. The van der Waals surface area contributed by atoms with Crippen LogP contribution in [0.2, 0.25) is 0 Å². The fraction of sp³-hybridized carbons (Fsp3) is 0.286. The topological polar surface area (TPSA) is 92.7 Å². The summed E-state index contributed by atoms with van der Waals surface area (Å²) in [5.41, 5.74) is 0.799. The molecule has 0 aromatic carbocycles. The Hall–Kier alpha value is -2.88. The van der Waals surface area contributed by atoms with Gasteiger partial charge in [-0.05, 0) is 24.1 Å². The molecule has 0 amide bonds. The molecule has 2 rings (SSSR count). The summed E-state index contributed by atoms with van der Waals surface area (Å²) >= 11 is 0. The van der Waals surface area contributed by atoms with E-state index in [1.807, 2.05) is 19.1 Å². The number of aromatic nitrogens is 3. The Morgan fingerprint density at radius 3 is 2.67 bits per heavy atom. The first-order valence-electron chi connectivity index (χ1n) is 6.30. The van der Waals surface area contributed by atoms with Crippen LogP contribution in [0.3, 0.4) is 0 Å². The maximum Gasteiger partial charge on any atom is 0.332 e. The summed E-state index contributed by atoms with van der Waals surface area (Å²) in [5, 5.41) is 12.2. The van der Waals surface area contributed by atoms with Crippen molar-refractivity contribution < 1.29 is 0 Å². The van der Waals surface area contributed by atoms with E-state index < -0.39 is 11.2 Å². The Bertz CT molecular complexity index is 842. The van der Waals surface area contributed by atoms with Gasteiger partial charge in [0.2, 0.25) is 0 Å². The molecule has 0 saturated carbocycles. The minimum absolute atomic E-state index is 0.0775. The number of nitrogens with one attached hydrogen (secondary N) is 1. The zero-order chi connectivity index (χ0) is 15.6. The summed E-state index contributed by atoms with van der Waals surface area (Å²) < 4.78 is 2.18. The van der Waals surface area contributed by atoms with Gasteiger partial charge in [0.15, 0.2) is 5.56 Å². The standard InChI is InChI=1S/C14H15N5O2/c1-9-7-16-5-4-10(9)8-17-12-11(6-15)13(20)19(3)14(21)18(12)2/h4-5,7,17H,8H2,1-3H3. The van der Waals surface area contributed by atoms with E-state index in [-0.39, 0.29) is 11.4 Å². The van der Waals surface area contributed by atoms with Crippen LogP contribution < -0.4 is 16.6 Å². The Balaban J connectivity index is 2.47. The molecule has 7 heteroatoms. The zero-order valence-electron chi connectivity index (χ0n) is 12.0. The molecular weight excluding hydrogens is 270 g/mol. The second-order valence-corrected chi connectivity index (χ2v) is 4.70. The molecule has 2 aromatic rings. The number of nitrogens with zero attached hydrogens (tertiary/aromatic N) is 4. The molecule has 108 valence electrons. The van der Waals surface area contributed by atoms with Crippen LogP contribution >= 0.6 is 0 Å². The van der Waals surface area contributed by atoms with Crippen molar-refractivity contribution in [3.05, 3.63) is 56.0 Å². The fourth-order valence-corrected chi connectivity index (χ4v) is 2.03. The first-order valence-corrected chi connectivity index (χ1v) is 6.30. The molecule has 2 heterocycles. The second kappa shape index (κ2) is 5.63. The number of hydrogen-bond donors (Lipinski definition) is 1. The van der Waals surface area contributed by atoms with Crippen LogP contribution in [0.1, 0.15) is 16.7 Å². The van der Waals surface area contributed by atoms with Gasteiger partial charge in [-0.25, -0.2) is 4.79 Å². The van der Waals surface area contributed by atoms with Crippen LogP contribution in [0.4, 0.5) is 5.82 Å². The monoisotopic (exact) mass is 285 g/mol. The highest BCUT2D eigenvalue weighted by atomic mass is 16.2. The summed E-state index contributed by atoms with van der Waals surface area (Å²) in [4.78, 5) is 27.9. The molecule has 0 atom stereocenters. The molecule has 2 aromatic heterocycles. The average molecular weight is 285 g/mol. The molecule has 7 nitrogen and oxygen atoms in total. The Morgan fingerprint density at radius 2 is 2.05 bits per heavy atom. The Labute approximate surface area is 121 Å². The minimum Gasteiger partial charge on any atom is -0.366 e. The molecular formula is C14H15N5O2. The van der Waals surface area contributed by atoms with Gasteiger partial charge in [-0.15, -0.1) is 0 Å². The molecule has 0 unspecified atom stereocenters. The smallest absolute Gasteiger partial charge is 0.332 e. The maximum atomic E-state index is 11.9. The lowest BCUT2D eigenvalue weighted by Gasteiger charge is -2.14. The predicted molar refractivity (Wildman–Crippen MR) is 77.9 cm³/mol. The van der Waals surface area contributed by atoms with Crippen molar-refractivity contribution in [1.29, 1.82) is 5.26 Å². The van der Waals surface area contributed by atoms with Gasteiger partial charge in [0.25, 0.3) is 5.56 Å². The summed E-state index contributed by atoms with van der Waals surface area (Å²) in [5.74, 6) is 0.224. The third-order valence-corrected chi connectivity index (χ3v) is 3.36. The zero-order valence-corrected chi connectivity index (χ0v) is 12.0. The van der Waals surface area contributed by atoms with E-state index in [0.717, 1.165) is 15.7 Å². The molecule has 0 aliphatic rings. The number of aryl methyl sites for hydroxylation is 1. The lowest BCUT2D eigenvalue weighted by Crippen LogP contribution is -2.39. The average Bonchev–Trinajstić information content (AvgIpc) is 2.49. The van der Waals surface area contributed by atoms with Gasteiger partial charge < -0.3 is 5.32 Å². The van der Waals surface area contributed by atoms with E-state index in [1.54, 1.807) is 12.4 Å². The predicted octanol–water partition coefficient (Wildman–Crippen LogP) is 0.271. The van der Waals surface area contributed by atoms with Gasteiger partial charge in [0.1, 0.15) is 11.9 Å². The van der Waals surface area contributed by atoms with E-state index >= 15 is 0 Å². The van der Waals surface area contributed by atoms with Crippen molar-refractivity contribution in [2.24, 2.45) is 14.1 Å². The van der Waals surface area contributed by atoms with Crippen LogP contribution in [0, 0.1) is 18.3 Å². The Morgan fingerprint density at radius 1 is 1.33 bits per heavy atom. The van der Waals surface area contributed by atoms with Gasteiger partial charge in [-0.2, -0.15) is 5.26 Å². The van der Waals surface area contributed by atoms with E-state index in [4.69, 9.17) is 5.26 Å². The molecule has 0 aliphatic heterocycles. The number of anilines is 1. The first-order chi connectivity index (χ1) is 9.97. The first kappa shape index (κ1) is 14.5. The second-order valence-electron chi connectivity index (χ2n) is 4.70. The maximum absolute atomic E-state index is 11.9.